The number of methoxy groups -OCH3 is 3. The fourth-order valence-corrected chi connectivity index (χ4v) is 2.48. The predicted octanol–water partition coefficient (Wildman–Crippen LogP) is 2.65. The molecule has 0 atom stereocenters. The highest BCUT2D eigenvalue weighted by Gasteiger charge is 2.17. The van der Waals surface area contributed by atoms with Crippen molar-refractivity contribution < 1.29 is 23.8 Å². The fourth-order valence-electron chi connectivity index (χ4n) is 2.48. The molecule has 0 unspecified atom stereocenters. The molecule has 8 heteroatoms. The van der Waals surface area contributed by atoms with Crippen molar-refractivity contribution in [3.05, 3.63) is 59.7 Å². The lowest BCUT2D eigenvalue weighted by atomic mass is 10.1. The molecule has 0 aliphatic rings. The quantitative estimate of drug-likeness (QED) is 0.488. The van der Waals surface area contributed by atoms with Gasteiger partial charge in [0.15, 0.2) is 11.5 Å². The van der Waals surface area contributed by atoms with Gasteiger partial charge in [-0.3, -0.25) is 9.59 Å². The SMILES string of the molecule is COc1cc(C(=O)NCC(=O)NN=C(C)C=Cc2ccccc2)cc(OC)c1OC. The normalized spacial score (nSPS) is 11.1. The molecule has 0 saturated heterocycles. The molecule has 2 aromatic carbocycles. The van der Waals surface area contributed by atoms with Crippen molar-refractivity contribution in [2.45, 2.75) is 6.92 Å². The Morgan fingerprint density at radius 1 is 1.00 bits per heavy atom. The molecular formula is C22H25N3O5. The maximum Gasteiger partial charge on any atom is 0.259 e. The summed E-state index contributed by atoms with van der Waals surface area (Å²) in [4.78, 5) is 24.4. The first-order valence-corrected chi connectivity index (χ1v) is 9.13. The molecule has 0 bridgehead atoms. The van der Waals surface area contributed by atoms with Crippen molar-refractivity contribution in [2.24, 2.45) is 5.10 Å². The Balaban J connectivity index is 1.93. The van der Waals surface area contributed by atoms with Crippen LogP contribution in [0.2, 0.25) is 0 Å². The monoisotopic (exact) mass is 411 g/mol. The maximum atomic E-state index is 12.4. The van der Waals surface area contributed by atoms with Crippen LogP contribution in [0.5, 0.6) is 17.2 Å². The average Bonchev–Trinajstić information content (AvgIpc) is 2.79. The summed E-state index contributed by atoms with van der Waals surface area (Å²) in [5.74, 6) is 0.147. The van der Waals surface area contributed by atoms with E-state index in [-0.39, 0.29) is 12.1 Å². The molecule has 0 fully saturated rings. The average molecular weight is 411 g/mol. The first-order valence-electron chi connectivity index (χ1n) is 9.13. The largest absolute Gasteiger partial charge is 0.493 e. The predicted molar refractivity (Wildman–Crippen MR) is 115 cm³/mol. The van der Waals surface area contributed by atoms with Gasteiger partial charge in [-0.1, -0.05) is 36.4 Å². The van der Waals surface area contributed by atoms with Crippen LogP contribution in [0.3, 0.4) is 0 Å². The number of carbonyl (C=O) groups excluding carboxylic acids is 2. The third-order valence-corrected chi connectivity index (χ3v) is 4.01. The highest BCUT2D eigenvalue weighted by atomic mass is 16.5. The zero-order valence-corrected chi connectivity index (χ0v) is 17.4. The van der Waals surface area contributed by atoms with Gasteiger partial charge in [0.1, 0.15) is 0 Å². The minimum atomic E-state index is -0.464. The maximum absolute atomic E-state index is 12.4. The molecule has 2 N–H and O–H groups in total. The lowest BCUT2D eigenvalue weighted by molar-refractivity contribution is -0.120. The van der Waals surface area contributed by atoms with E-state index in [0.717, 1.165) is 5.56 Å². The Hall–Kier alpha value is -3.81. The number of benzene rings is 2. The summed E-state index contributed by atoms with van der Waals surface area (Å²) in [5.41, 5.74) is 4.31. The molecule has 158 valence electrons. The molecule has 2 rings (SSSR count). The van der Waals surface area contributed by atoms with Gasteiger partial charge < -0.3 is 19.5 Å². The second kappa shape index (κ2) is 11.3. The highest BCUT2D eigenvalue weighted by Crippen LogP contribution is 2.38. The van der Waals surface area contributed by atoms with Crippen molar-refractivity contribution in [3.63, 3.8) is 0 Å². The first kappa shape index (κ1) is 22.5. The van der Waals surface area contributed by atoms with Crippen molar-refractivity contribution in [2.75, 3.05) is 27.9 Å². The molecule has 2 aromatic rings. The van der Waals surface area contributed by atoms with Crippen LogP contribution in [0.15, 0.2) is 53.6 Å². The zero-order valence-electron chi connectivity index (χ0n) is 17.4. The summed E-state index contributed by atoms with van der Waals surface area (Å²) in [7, 11) is 4.39. The Kier molecular flexibility index (Phi) is 8.43. The summed E-state index contributed by atoms with van der Waals surface area (Å²) in [5, 5.41) is 6.52. The van der Waals surface area contributed by atoms with Gasteiger partial charge in [-0.05, 0) is 30.7 Å². The number of ether oxygens (including phenoxy) is 3. The van der Waals surface area contributed by atoms with E-state index in [2.05, 4.69) is 15.8 Å². The number of hydrazone groups is 1. The third-order valence-electron chi connectivity index (χ3n) is 4.01. The van der Waals surface area contributed by atoms with Crippen molar-refractivity contribution >= 4 is 23.6 Å². The third kappa shape index (κ3) is 6.37. The molecule has 0 aliphatic carbocycles. The minimum absolute atomic E-state index is 0.241. The van der Waals surface area contributed by atoms with Crippen molar-refractivity contribution in [1.29, 1.82) is 0 Å². The summed E-state index contributed by atoms with van der Waals surface area (Å²) in [6.45, 7) is 1.52. The summed E-state index contributed by atoms with van der Waals surface area (Å²) in [6.07, 6.45) is 3.67. The molecule has 0 saturated carbocycles. The zero-order chi connectivity index (χ0) is 21.9. The van der Waals surface area contributed by atoms with Crippen LogP contribution in [0.1, 0.15) is 22.8 Å². The van der Waals surface area contributed by atoms with Crippen LogP contribution in [0.25, 0.3) is 6.08 Å². The Morgan fingerprint density at radius 2 is 1.63 bits per heavy atom. The standard InChI is InChI=1S/C22H25N3O5/c1-15(10-11-16-8-6-5-7-9-16)24-25-20(26)14-23-22(27)17-12-18(28-2)21(30-4)19(13-17)29-3/h5-13H,14H2,1-4H3,(H,23,27)(H,25,26). The van der Waals surface area contributed by atoms with Crippen LogP contribution in [-0.2, 0) is 4.79 Å². The number of nitrogens with zero attached hydrogens (tertiary/aromatic N) is 1. The van der Waals surface area contributed by atoms with Crippen molar-refractivity contribution in [3.8, 4) is 17.2 Å². The Bertz CT molecular complexity index is 914. The first-order chi connectivity index (χ1) is 14.5. The molecule has 0 aliphatic heterocycles. The second-order valence-electron chi connectivity index (χ2n) is 6.13. The number of hydrogen-bond donors (Lipinski definition) is 2. The highest BCUT2D eigenvalue weighted by molar-refractivity contribution is 5.99. The van der Waals surface area contributed by atoms with Crippen LogP contribution >= 0.6 is 0 Å². The van der Waals surface area contributed by atoms with Crippen LogP contribution in [-0.4, -0.2) is 45.4 Å². The molecule has 0 radical (unpaired) electrons. The summed E-state index contributed by atoms with van der Waals surface area (Å²) < 4.78 is 15.7. The number of amides is 2. The fraction of sp³-hybridized carbons (Fsp3) is 0.227. The van der Waals surface area contributed by atoms with E-state index < -0.39 is 11.8 Å². The minimum Gasteiger partial charge on any atom is -0.493 e. The smallest absolute Gasteiger partial charge is 0.259 e. The second-order valence-corrected chi connectivity index (χ2v) is 6.13. The van der Waals surface area contributed by atoms with E-state index in [9.17, 15) is 9.59 Å². The number of rotatable bonds is 9. The van der Waals surface area contributed by atoms with Gasteiger partial charge in [0.2, 0.25) is 5.75 Å². The number of carbonyl (C=O) groups is 2. The Labute approximate surface area is 175 Å². The molecule has 0 spiro atoms. The molecule has 2 amide bonds. The van der Waals surface area contributed by atoms with Crippen LogP contribution in [0, 0.1) is 0 Å². The van der Waals surface area contributed by atoms with Gasteiger partial charge in [-0.2, -0.15) is 5.10 Å². The van der Waals surface area contributed by atoms with Gasteiger partial charge in [0.25, 0.3) is 11.8 Å². The van der Waals surface area contributed by atoms with Crippen molar-refractivity contribution in [1.82, 2.24) is 10.7 Å². The van der Waals surface area contributed by atoms with Crippen LogP contribution < -0.4 is 25.0 Å². The Morgan fingerprint density at radius 3 is 2.20 bits per heavy atom. The van der Waals surface area contributed by atoms with E-state index in [4.69, 9.17) is 14.2 Å². The topological polar surface area (TPSA) is 98.2 Å². The van der Waals surface area contributed by atoms with Gasteiger partial charge in [-0.15, -0.1) is 0 Å². The van der Waals surface area contributed by atoms with E-state index in [0.29, 0.717) is 23.0 Å². The molecule has 0 heterocycles. The van der Waals surface area contributed by atoms with Crippen LogP contribution in [0.4, 0.5) is 0 Å². The van der Waals surface area contributed by atoms with E-state index in [1.54, 1.807) is 13.0 Å². The van der Waals surface area contributed by atoms with E-state index in [1.165, 1.54) is 33.5 Å². The molecule has 8 nitrogen and oxygen atoms in total. The molecule has 30 heavy (non-hydrogen) atoms. The van der Waals surface area contributed by atoms with Gasteiger partial charge in [-0.25, -0.2) is 5.43 Å². The molecular weight excluding hydrogens is 386 g/mol. The summed E-state index contributed by atoms with van der Waals surface area (Å²) >= 11 is 0. The molecule has 0 aromatic heterocycles. The number of allylic oxidation sites excluding steroid dienone is 1. The van der Waals surface area contributed by atoms with Gasteiger partial charge in [0, 0.05) is 5.56 Å². The lowest BCUT2D eigenvalue weighted by Gasteiger charge is -2.14. The van der Waals surface area contributed by atoms with E-state index in [1.807, 2.05) is 36.4 Å². The van der Waals surface area contributed by atoms with Gasteiger partial charge in [0.05, 0.1) is 33.6 Å². The number of hydrogen-bond acceptors (Lipinski definition) is 6. The number of nitrogens with one attached hydrogen (secondary N) is 2. The summed E-state index contributed by atoms with van der Waals surface area (Å²) in [6, 6.07) is 12.7. The van der Waals surface area contributed by atoms with Gasteiger partial charge >= 0.3 is 0 Å². The lowest BCUT2D eigenvalue weighted by Crippen LogP contribution is -2.35. The van der Waals surface area contributed by atoms with E-state index >= 15 is 0 Å².